The molecule has 0 aliphatic rings. The SMILES string of the molecule is O=C(O)CNC(=O)Nc1c2ccc3ccccc3c2cc2ccc3ccccc3c12. The third-order valence-corrected chi connectivity index (χ3v) is 5.39. The molecule has 0 radical (unpaired) electrons. The van der Waals surface area contributed by atoms with E-state index >= 15 is 0 Å². The number of anilines is 1. The van der Waals surface area contributed by atoms with Gasteiger partial charge in [-0.25, -0.2) is 4.79 Å². The molecule has 2 amide bonds. The largest absolute Gasteiger partial charge is 0.480 e. The fourth-order valence-corrected chi connectivity index (χ4v) is 4.09. The standard InChI is InChI=1S/C25H18N2O3/c28-22(29)14-26-25(30)27-24-20-12-11-15-5-1-3-7-18(15)21(20)13-17-10-9-16-6-2-4-8-19(16)23(17)24/h1-13H,14H2,(H,28,29)(H2,26,27,30). The molecule has 5 aromatic rings. The minimum Gasteiger partial charge on any atom is -0.480 e. The molecular weight excluding hydrogens is 376 g/mol. The number of carboxylic acids is 1. The van der Waals surface area contributed by atoms with Crippen molar-refractivity contribution < 1.29 is 14.7 Å². The molecule has 0 aromatic heterocycles. The predicted molar refractivity (Wildman–Crippen MR) is 121 cm³/mol. The topological polar surface area (TPSA) is 78.4 Å². The van der Waals surface area contributed by atoms with Crippen LogP contribution in [0.4, 0.5) is 10.5 Å². The van der Waals surface area contributed by atoms with E-state index in [0.29, 0.717) is 5.69 Å². The Morgan fingerprint density at radius 1 is 0.700 bits per heavy atom. The van der Waals surface area contributed by atoms with Gasteiger partial charge in [0.1, 0.15) is 6.54 Å². The highest BCUT2D eigenvalue weighted by atomic mass is 16.4. The van der Waals surface area contributed by atoms with Gasteiger partial charge in [0.25, 0.3) is 0 Å². The number of rotatable bonds is 3. The van der Waals surface area contributed by atoms with Gasteiger partial charge in [0.2, 0.25) is 0 Å². The Labute approximate surface area is 171 Å². The van der Waals surface area contributed by atoms with E-state index in [1.54, 1.807) is 0 Å². The maximum Gasteiger partial charge on any atom is 0.323 e. The van der Waals surface area contributed by atoms with Crippen LogP contribution in [0.5, 0.6) is 0 Å². The van der Waals surface area contributed by atoms with Crippen LogP contribution in [0.25, 0.3) is 43.1 Å². The minimum atomic E-state index is -1.09. The first kappa shape index (κ1) is 17.9. The van der Waals surface area contributed by atoms with Crippen LogP contribution in [0.1, 0.15) is 0 Å². The highest BCUT2D eigenvalue weighted by Gasteiger charge is 2.15. The maximum atomic E-state index is 12.5. The second-order valence-electron chi connectivity index (χ2n) is 7.22. The van der Waals surface area contributed by atoms with Crippen molar-refractivity contribution in [2.45, 2.75) is 0 Å². The Morgan fingerprint density at radius 2 is 1.33 bits per heavy atom. The molecule has 0 aliphatic carbocycles. The first-order chi connectivity index (χ1) is 14.6. The lowest BCUT2D eigenvalue weighted by Crippen LogP contribution is -2.33. The number of carbonyl (C=O) groups is 2. The molecule has 0 saturated heterocycles. The van der Waals surface area contributed by atoms with Gasteiger partial charge in [-0.05, 0) is 38.4 Å². The van der Waals surface area contributed by atoms with E-state index in [1.165, 1.54) is 0 Å². The van der Waals surface area contributed by atoms with Crippen molar-refractivity contribution in [3.63, 3.8) is 0 Å². The summed E-state index contributed by atoms with van der Waals surface area (Å²) in [6, 6.07) is 25.9. The van der Waals surface area contributed by atoms with E-state index in [0.717, 1.165) is 43.1 Å². The van der Waals surface area contributed by atoms with Crippen molar-refractivity contribution in [1.82, 2.24) is 5.32 Å². The number of nitrogens with one attached hydrogen (secondary N) is 2. The third kappa shape index (κ3) is 2.97. The van der Waals surface area contributed by atoms with E-state index < -0.39 is 18.5 Å². The summed E-state index contributed by atoms with van der Waals surface area (Å²) in [5.41, 5.74) is 0.674. The summed E-state index contributed by atoms with van der Waals surface area (Å²) in [4.78, 5) is 23.4. The molecule has 5 nitrogen and oxygen atoms in total. The molecule has 0 aliphatic heterocycles. The molecule has 0 spiro atoms. The number of carbonyl (C=O) groups excluding carboxylic acids is 1. The van der Waals surface area contributed by atoms with Gasteiger partial charge in [0.05, 0.1) is 5.69 Å². The van der Waals surface area contributed by atoms with E-state index in [4.69, 9.17) is 5.11 Å². The first-order valence-electron chi connectivity index (χ1n) is 9.64. The fraction of sp³-hybridized carbons (Fsp3) is 0.0400. The van der Waals surface area contributed by atoms with Crippen LogP contribution in [-0.2, 0) is 4.79 Å². The Hall–Kier alpha value is -4.12. The van der Waals surface area contributed by atoms with Crippen molar-refractivity contribution in [2.75, 3.05) is 11.9 Å². The zero-order valence-corrected chi connectivity index (χ0v) is 16.0. The molecule has 0 heterocycles. The van der Waals surface area contributed by atoms with Crippen LogP contribution >= 0.6 is 0 Å². The van der Waals surface area contributed by atoms with Crippen LogP contribution in [-0.4, -0.2) is 23.7 Å². The van der Waals surface area contributed by atoms with E-state index in [-0.39, 0.29) is 0 Å². The van der Waals surface area contributed by atoms with Gasteiger partial charge in [-0.3, -0.25) is 4.79 Å². The highest BCUT2D eigenvalue weighted by molar-refractivity contribution is 6.26. The van der Waals surface area contributed by atoms with Crippen molar-refractivity contribution in [2.24, 2.45) is 0 Å². The lowest BCUT2D eigenvalue weighted by atomic mass is 9.93. The number of carboxylic acid groups (broad SMARTS) is 1. The summed E-state index contributed by atoms with van der Waals surface area (Å²) >= 11 is 0. The minimum absolute atomic E-state index is 0.446. The molecule has 5 rings (SSSR count). The summed E-state index contributed by atoms with van der Waals surface area (Å²) in [6.45, 7) is -0.446. The number of hydrogen-bond donors (Lipinski definition) is 3. The summed E-state index contributed by atoms with van der Waals surface area (Å²) in [5.74, 6) is -1.09. The summed E-state index contributed by atoms with van der Waals surface area (Å²) in [5, 5.41) is 22.4. The lowest BCUT2D eigenvalue weighted by molar-refractivity contribution is -0.135. The summed E-state index contributed by atoms with van der Waals surface area (Å²) < 4.78 is 0. The highest BCUT2D eigenvalue weighted by Crippen LogP contribution is 2.40. The van der Waals surface area contributed by atoms with E-state index in [2.05, 4.69) is 41.0 Å². The number of fused-ring (bicyclic) bond motifs is 6. The van der Waals surface area contributed by atoms with Crippen LogP contribution in [0.2, 0.25) is 0 Å². The van der Waals surface area contributed by atoms with Crippen LogP contribution in [0.3, 0.4) is 0 Å². The van der Waals surface area contributed by atoms with Gasteiger partial charge in [-0.2, -0.15) is 0 Å². The summed E-state index contributed by atoms with van der Waals surface area (Å²) in [6.07, 6.45) is 0. The quantitative estimate of drug-likeness (QED) is 0.279. The van der Waals surface area contributed by atoms with Crippen molar-refractivity contribution >= 4 is 60.8 Å². The molecular formula is C25H18N2O3. The monoisotopic (exact) mass is 394 g/mol. The number of urea groups is 1. The Bertz CT molecular complexity index is 1470. The summed E-state index contributed by atoms with van der Waals surface area (Å²) in [7, 11) is 0. The van der Waals surface area contributed by atoms with Gasteiger partial charge in [-0.1, -0.05) is 72.8 Å². The fourth-order valence-electron chi connectivity index (χ4n) is 4.09. The number of amides is 2. The smallest absolute Gasteiger partial charge is 0.323 e. The number of benzene rings is 5. The molecule has 0 atom stereocenters. The van der Waals surface area contributed by atoms with E-state index in [9.17, 15) is 9.59 Å². The molecule has 0 bridgehead atoms. The molecule has 0 fully saturated rings. The molecule has 30 heavy (non-hydrogen) atoms. The van der Waals surface area contributed by atoms with Crippen LogP contribution in [0.15, 0.2) is 78.9 Å². The second-order valence-corrected chi connectivity index (χ2v) is 7.22. The molecule has 5 aromatic carbocycles. The molecule has 3 N–H and O–H groups in total. The average Bonchev–Trinajstić information content (AvgIpc) is 2.77. The van der Waals surface area contributed by atoms with Gasteiger partial charge in [0, 0.05) is 10.8 Å². The van der Waals surface area contributed by atoms with Crippen molar-refractivity contribution in [3.8, 4) is 0 Å². The maximum absolute atomic E-state index is 12.5. The average molecular weight is 394 g/mol. The zero-order valence-electron chi connectivity index (χ0n) is 16.0. The van der Waals surface area contributed by atoms with Crippen molar-refractivity contribution in [1.29, 1.82) is 0 Å². The zero-order chi connectivity index (χ0) is 20.7. The Morgan fingerprint density at radius 3 is 2.10 bits per heavy atom. The van der Waals surface area contributed by atoms with Gasteiger partial charge >= 0.3 is 12.0 Å². The number of hydrogen-bond acceptors (Lipinski definition) is 2. The van der Waals surface area contributed by atoms with E-state index in [1.807, 2.05) is 48.5 Å². The Balaban J connectivity index is 1.85. The van der Waals surface area contributed by atoms with Crippen molar-refractivity contribution in [3.05, 3.63) is 78.9 Å². The van der Waals surface area contributed by atoms with Crippen LogP contribution in [0, 0.1) is 0 Å². The van der Waals surface area contributed by atoms with Gasteiger partial charge < -0.3 is 15.7 Å². The van der Waals surface area contributed by atoms with Gasteiger partial charge in [-0.15, -0.1) is 0 Å². The Kier molecular flexibility index (Phi) is 4.21. The normalized spacial score (nSPS) is 11.2. The number of aliphatic carboxylic acids is 1. The first-order valence-corrected chi connectivity index (χ1v) is 9.64. The molecule has 146 valence electrons. The van der Waals surface area contributed by atoms with Crippen LogP contribution < -0.4 is 10.6 Å². The van der Waals surface area contributed by atoms with Gasteiger partial charge in [0.15, 0.2) is 0 Å². The predicted octanol–water partition coefficient (Wildman–Crippen LogP) is 5.51. The molecule has 0 saturated carbocycles. The second kappa shape index (κ2) is 7.04. The lowest BCUT2D eigenvalue weighted by Gasteiger charge is -2.16. The molecule has 5 heteroatoms. The molecule has 0 unspecified atom stereocenters. The third-order valence-electron chi connectivity index (χ3n) is 5.39.